The lowest BCUT2D eigenvalue weighted by Gasteiger charge is -2.36. The van der Waals surface area contributed by atoms with Crippen molar-refractivity contribution in [1.82, 2.24) is 15.5 Å². The highest BCUT2D eigenvalue weighted by molar-refractivity contribution is 7.12. The van der Waals surface area contributed by atoms with Gasteiger partial charge in [0.1, 0.15) is 11.9 Å². The van der Waals surface area contributed by atoms with E-state index in [1.165, 1.54) is 35.6 Å². The lowest BCUT2D eigenvalue weighted by atomic mass is 9.88. The van der Waals surface area contributed by atoms with Crippen molar-refractivity contribution in [3.05, 3.63) is 58.0 Å². The summed E-state index contributed by atoms with van der Waals surface area (Å²) in [6.45, 7) is 5.51. The molecule has 2 aromatic rings. The van der Waals surface area contributed by atoms with Gasteiger partial charge < -0.3 is 15.5 Å². The van der Waals surface area contributed by atoms with Gasteiger partial charge in [0.15, 0.2) is 0 Å². The van der Waals surface area contributed by atoms with E-state index in [1.807, 2.05) is 19.2 Å². The van der Waals surface area contributed by atoms with Crippen LogP contribution in [0, 0.1) is 17.7 Å². The van der Waals surface area contributed by atoms with Gasteiger partial charge >= 0.3 is 0 Å². The predicted octanol–water partition coefficient (Wildman–Crippen LogP) is 3.31. The molecule has 0 saturated carbocycles. The summed E-state index contributed by atoms with van der Waals surface area (Å²) in [5, 5.41) is 7.66. The zero-order valence-corrected chi connectivity index (χ0v) is 18.6. The monoisotopic (exact) mass is 445 g/mol. The van der Waals surface area contributed by atoms with Crippen molar-refractivity contribution in [3.8, 4) is 0 Å². The highest BCUT2D eigenvalue weighted by atomic mass is 32.1. The number of piperidine rings is 1. The van der Waals surface area contributed by atoms with Crippen molar-refractivity contribution in [2.75, 3.05) is 19.6 Å². The number of carbonyl (C=O) groups excluding carboxylic acids is 3. The molecule has 3 rings (SSSR count). The molecule has 1 fully saturated rings. The zero-order chi connectivity index (χ0) is 22.4. The van der Waals surface area contributed by atoms with E-state index >= 15 is 0 Å². The van der Waals surface area contributed by atoms with Crippen LogP contribution < -0.4 is 10.6 Å². The van der Waals surface area contributed by atoms with Gasteiger partial charge in [-0.2, -0.15) is 0 Å². The number of thiophene rings is 1. The fraction of sp³-hybridized carbons (Fsp3) is 0.435. The molecule has 166 valence electrons. The molecule has 8 heteroatoms. The van der Waals surface area contributed by atoms with Crippen LogP contribution in [-0.4, -0.2) is 48.3 Å². The summed E-state index contributed by atoms with van der Waals surface area (Å²) in [5.74, 6) is -0.763. The molecule has 6 nitrogen and oxygen atoms in total. The van der Waals surface area contributed by atoms with Gasteiger partial charge in [-0.05, 0) is 60.4 Å². The largest absolute Gasteiger partial charge is 0.354 e. The van der Waals surface area contributed by atoms with Crippen molar-refractivity contribution >= 4 is 29.1 Å². The molecule has 0 bridgehead atoms. The molecule has 0 spiro atoms. The normalized spacial score (nSPS) is 15.5. The first kappa shape index (κ1) is 22.9. The van der Waals surface area contributed by atoms with Crippen LogP contribution in [0.25, 0.3) is 0 Å². The molecule has 1 atom stereocenters. The molecule has 31 heavy (non-hydrogen) atoms. The number of nitrogens with zero attached hydrogens (tertiary/aromatic N) is 1. The van der Waals surface area contributed by atoms with E-state index in [0.29, 0.717) is 48.8 Å². The summed E-state index contributed by atoms with van der Waals surface area (Å²) in [6, 6.07) is 8.38. The van der Waals surface area contributed by atoms with Crippen LogP contribution in [-0.2, 0) is 4.79 Å². The second-order valence-corrected chi connectivity index (χ2v) is 9.15. The fourth-order valence-corrected chi connectivity index (χ4v) is 4.27. The predicted molar refractivity (Wildman–Crippen MR) is 118 cm³/mol. The maximum atomic E-state index is 13.1. The second kappa shape index (κ2) is 10.5. The van der Waals surface area contributed by atoms with Crippen LogP contribution in [0.15, 0.2) is 41.8 Å². The molecule has 2 heterocycles. The molecule has 0 aliphatic carbocycles. The number of nitrogens with one attached hydrogen (secondary N) is 2. The van der Waals surface area contributed by atoms with Gasteiger partial charge in [0, 0.05) is 25.2 Å². The minimum absolute atomic E-state index is 0.0756. The topological polar surface area (TPSA) is 78.5 Å². The second-order valence-electron chi connectivity index (χ2n) is 8.20. The van der Waals surface area contributed by atoms with Gasteiger partial charge in [-0.25, -0.2) is 4.39 Å². The Balaban J connectivity index is 1.65. The van der Waals surface area contributed by atoms with E-state index in [-0.39, 0.29) is 29.5 Å². The first-order valence-electron chi connectivity index (χ1n) is 10.5. The zero-order valence-electron chi connectivity index (χ0n) is 17.8. The van der Waals surface area contributed by atoms with E-state index < -0.39 is 6.04 Å². The average molecular weight is 446 g/mol. The van der Waals surface area contributed by atoms with Crippen LogP contribution in [0.2, 0.25) is 0 Å². The Kier molecular flexibility index (Phi) is 7.79. The number of halogens is 1. The van der Waals surface area contributed by atoms with Crippen LogP contribution in [0.1, 0.15) is 46.7 Å². The van der Waals surface area contributed by atoms with Crippen LogP contribution in [0.3, 0.4) is 0 Å². The lowest BCUT2D eigenvalue weighted by Crippen LogP contribution is -2.54. The first-order valence-corrected chi connectivity index (χ1v) is 11.4. The van der Waals surface area contributed by atoms with Gasteiger partial charge in [0.2, 0.25) is 5.91 Å². The van der Waals surface area contributed by atoms with Gasteiger partial charge in [-0.1, -0.05) is 19.9 Å². The minimum Gasteiger partial charge on any atom is -0.354 e. The molecule has 1 aromatic heterocycles. The third-order valence-electron chi connectivity index (χ3n) is 5.39. The van der Waals surface area contributed by atoms with Crippen LogP contribution >= 0.6 is 11.3 Å². The average Bonchev–Trinajstić information content (AvgIpc) is 3.31. The van der Waals surface area contributed by atoms with Crippen LogP contribution in [0.4, 0.5) is 4.39 Å². The molecule has 1 aliphatic rings. The number of hydrogen-bond donors (Lipinski definition) is 2. The summed E-state index contributed by atoms with van der Waals surface area (Å²) in [5.41, 5.74) is 0.442. The molecular formula is C23H28FN3O3S. The summed E-state index contributed by atoms with van der Waals surface area (Å²) in [7, 11) is 0. The summed E-state index contributed by atoms with van der Waals surface area (Å²) in [4.78, 5) is 40.5. The SMILES string of the molecule is CC(C)CNC(=O)C(NC(=O)c1cccs1)C1CCN(C(=O)c2ccc(F)cc2)CC1. The van der Waals surface area contributed by atoms with Crippen molar-refractivity contribution in [1.29, 1.82) is 0 Å². The Morgan fingerprint density at radius 2 is 1.81 bits per heavy atom. The van der Waals surface area contributed by atoms with Gasteiger partial charge in [0.25, 0.3) is 11.8 Å². The Morgan fingerprint density at radius 1 is 1.13 bits per heavy atom. The Labute approximate surface area is 185 Å². The van der Waals surface area contributed by atoms with E-state index in [9.17, 15) is 18.8 Å². The number of hydrogen-bond acceptors (Lipinski definition) is 4. The Morgan fingerprint density at radius 3 is 2.39 bits per heavy atom. The maximum Gasteiger partial charge on any atom is 0.262 e. The smallest absolute Gasteiger partial charge is 0.262 e. The van der Waals surface area contributed by atoms with Crippen LogP contribution in [0.5, 0.6) is 0 Å². The molecule has 1 unspecified atom stereocenters. The Hall–Kier alpha value is -2.74. The maximum absolute atomic E-state index is 13.1. The van der Waals surface area contributed by atoms with E-state index in [0.717, 1.165) is 0 Å². The Bertz CT molecular complexity index is 891. The van der Waals surface area contributed by atoms with Crippen molar-refractivity contribution < 1.29 is 18.8 Å². The first-order chi connectivity index (χ1) is 14.8. The standard InChI is InChI=1S/C23H28FN3O3S/c1-15(2)14-25-22(29)20(26-21(28)19-4-3-13-31-19)16-9-11-27(12-10-16)23(30)17-5-7-18(24)8-6-17/h3-8,13,15-16,20H,9-12,14H2,1-2H3,(H,25,29)(H,26,28). The molecule has 1 aromatic carbocycles. The molecule has 3 amide bonds. The summed E-state index contributed by atoms with van der Waals surface area (Å²) >= 11 is 1.33. The number of likely N-dealkylation sites (tertiary alicyclic amines) is 1. The van der Waals surface area contributed by atoms with Gasteiger partial charge in [0.05, 0.1) is 4.88 Å². The third kappa shape index (κ3) is 6.13. The number of amides is 3. The fourth-order valence-electron chi connectivity index (χ4n) is 3.64. The molecule has 1 saturated heterocycles. The third-order valence-corrected chi connectivity index (χ3v) is 6.26. The van der Waals surface area contributed by atoms with E-state index in [4.69, 9.17) is 0 Å². The quantitative estimate of drug-likeness (QED) is 0.686. The van der Waals surface area contributed by atoms with Gasteiger partial charge in [-0.3, -0.25) is 14.4 Å². The van der Waals surface area contributed by atoms with E-state index in [2.05, 4.69) is 10.6 Å². The molecular weight excluding hydrogens is 417 g/mol. The summed E-state index contributed by atoms with van der Waals surface area (Å²) in [6.07, 6.45) is 1.19. The summed E-state index contributed by atoms with van der Waals surface area (Å²) < 4.78 is 13.1. The number of rotatable bonds is 7. The number of benzene rings is 1. The molecule has 0 radical (unpaired) electrons. The lowest BCUT2D eigenvalue weighted by molar-refractivity contribution is -0.124. The van der Waals surface area contributed by atoms with Gasteiger partial charge in [-0.15, -0.1) is 11.3 Å². The molecule has 1 aliphatic heterocycles. The van der Waals surface area contributed by atoms with Crippen molar-refractivity contribution in [2.45, 2.75) is 32.7 Å². The molecule has 2 N–H and O–H groups in total. The highest BCUT2D eigenvalue weighted by Gasteiger charge is 2.34. The van der Waals surface area contributed by atoms with Crippen molar-refractivity contribution in [3.63, 3.8) is 0 Å². The van der Waals surface area contributed by atoms with Crippen molar-refractivity contribution in [2.24, 2.45) is 11.8 Å². The number of carbonyl (C=O) groups is 3. The van der Waals surface area contributed by atoms with E-state index in [1.54, 1.807) is 17.0 Å². The highest BCUT2D eigenvalue weighted by Crippen LogP contribution is 2.23. The minimum atomic E-state index is -0.656.